The van der Waals surface area contributed by atoms with Crippen LogP contribution < -0.4 is 14.5 Å². The van der Waals surface area contributed by atoms with E-state index >= 15 is 0 Å². The third-order valence-corrected chi connectivity index (χ3v) is 8.30. The summed E-state index contributed by atoms with van der Waals surface area (Å²) in [5.74, 6) is -0.326. The quantitative estimate of drug-likeness (QED) is 0.200. The molecular formula is C28H26Cl2N4O4S. The van der Waals surface area contributed by atoms with Gasteiger partial charge in [0.15, 0.2) is 0 Å². The summed E-state index contributed by atoms with van der Waals surface area (Å²) < 4.78 is 35.4. The second-order valence-electron chi connectivity index (χ2n) is 8.55. The third-order valence-electron chi connectivity index (χ3n) is 5.99. The Bertz CT molecular complexity index is 1640. The lowest BCUT2D eigenvalue weighted by atomic mass is 10.2. The molecule has 0 fully saturated rings. The summed E-state index contributed by atoms with van der Waals surface area (Å²) in [5.41, 5.74) is 5.92. The molecule has 11 heteroatoms. The van der Waals surface area contributed by atoms with Gasteiger partial charge in [0.25, 0.3) is 15.9 Å². The number of anilines is 1. The first-order chi connectivity index (χ1) is 18.6. The monoisotopic (exact) mass is 584 g/mol. The van der Waals surface area contributed by atoms with Crippen LogP contribution in [0.1, 0.15) is 17.0 Å². The van der Waals surface area contributed by atoms with Crippen molar-refractivity contribution in [3.8, 4) is 11.4 Å². The number of nitrogens with zero attached hydrogens (tertiary/aromatic N) is 3. The summed E-state index contributed by atoms with van der Waals surface area (Å²) in [6.45, 7) is 3.30. The Balaban J connectivity index is 1.58. The van der Waals surface area contributed by atoms with Gasteiger partial charge in [-0.25, -0.2) is 13.8 Å². The lowest BCUT2D eigenvalue weighted by Gasteiger charge is -2.25. The molecule has 0 saturated carbocycles. The molecule has 202 valence electrons. The number of nitrogens with one attached hydrogen (secondary N) is 1. The number of carbonyl (C=O) groups excluding carboxylic acids is 1. The summed E-state index contributed by atoms with van der Waals surface area (Å²) in [5, 5.41) is 5.12. The number of hydrogen-bond donors (Lipinski definition) is 1. The maximum Gasteiger partial charge on any atom is 0.264 e. The van der Waals surface area contributed by atoms with Crippen molar-refractivity contribution < 1.29 is 17.9 Å². The van der Waals surface area contributed by atoms with Crippen LogP contribution in [-0.2, 0) is 14.8 Å². The minimum Gasteiger partial charge on any atom is -0.495 e. The molecule has 1 aromatic heterocycles. The zero-order valence-corrected chi connectivity index (χ0v) is 23.8. The van der Waals surface area contributed by atoms with Crippen LogP contribution in [0.4, 0.5) is 5.69 Å². The highest BCUT2D eigenvalue weighted by Gasteiger charge is 2.29. The van der Waals surface area contributed by atoms with Gasteiger partial charge in [0.05, 0.1) is 34.6 Å². The molecule has 8 nitrogen and oxygen atoms in total. The fraction of sp³-hybridized carbons (Fsp3) is 0.143. The van der Waals surface area contributed by atoms with E-state index in [1.807, 2.05) is 30.5 Å². The number of aryl methyl sites for hydroxylation is 1. The Hall–Kier alpha value is -3.79. The number of halogens is 2. The number of aromatic nitrogens is 1. The lowest BCUT2D eigenvalue weighted by molar-refractivity contribution is -0.119. The van der Waals surface area contributed by atoms with Gasteiger partial charge < -0.3 is 9.30 Å². The van der Waals surface area contributed by atoms with Crippen molar-refractivity contribution in [1.29, 1.82) is 0 Å². The van der Waals surface area contributed by atoms with E-state index in [1.165, 1.54) is 25.5 Å². The first-order valence-electron chi connectivity index (χ1n) is 11.8. The first kappa shape index (κ1) is 28.2. The molecule has 0 unspecified atom stereocenters. The Kier molecular flexibility index (Phi) is 8.64. The van der Waals surface area contributed by atoms with Crippen molar-refractivity contribution in [3.63, 3.8) is 0 Å². The molecule has 0 aliphatic heterocycles. The van der Waals surface area contributed by atoms with Crippen LogP contribution in [0.5, 0.6) is 5.75 Å². The van der Waals surface area contributed by atoms with Crippen LogP contribution in [0.2, 0.25) is 10.0 Å². The average Bonchev–Trinajstić information content (AvgIpc) is 3.20. The van der Waals surface area contributed by atoms with Gasteiger partial charge in [-0.2, -0.15) is 5.10 Å². The van der Waals surface area contributed by atoms with E-state index in [0.717, 1.165) is 26.9 Å². The van der Waals surface area contributed by atoms with Gasteiger partial charge in [-0.15, -0.1) is 0 Å². The molecule has 0 radical (unpaired) electrons. The Morgan fingerprint density at radius 2 is 1.72 bits per heavy atom. The molecule has 4 aromatic rings. The standard InChI is InChI=1S/C28H26Cl2N4O4S/c1-19-15-21(20(2)34(19)25-14-13-22(29)16-24(25)30)17-31-32-28(35)18-33(26-11-7-8-12-27(26)38-3)39(36,37)23-9-5-4-6-10-23/h4-17H,18H2,1-3H3,(H,32,35)/b31-17+. The molecule has 4 rings (SSSR count). The second kappa shape index (κ2) is 11.9. The Morgan fingerprint density at radius 1 is 1.03 bits per heavy atom. The minimum atomic E-state index is -4.09. The van der Waals surface area contributed by atoms with Crippen molar-refractivity contribution in [1.82, 2.24) is 9.99 Å². The predicted molar refractivity (Wildman–Crippen MR) is 155 cm³/mol. The molecule has 1 amide bonds. The van der Waals surface area contributed by atoms with Gasteiger partial charge in [-0.05, 0) is 62.4 Å². The van der Waals surface area contributed by atoms with E-state index in [9.17, 15) is 13.2 Å². The highest BCUT2D eigenvalue weighted by Crippen LogP contribution is 2.32. The summed E-state index contributed by atoms with van der Waals surface area (Å²) >= 11 is 12.4. The largest absolute Gasteiger partial charge is 0.495 e. The lowest BCUT2D eigenvalue weighted by Crippen LogP contribution is -2.39. The zero-order chi connectivity index (χ0) is 28.2. The van der Waals surface area contributed by atoms with E-state index in [2.05, 4.69) is 10.5 Å². The smallest absolute Gasteiger partial charge is 0.264 e. The van der Waals surface area contributed by atoms with Crippen molar-refractivity contribution in [2.75, 3.05) is 18.0 Å². The fourth-order valence-electron chi connectivity index (χ4n) is 4.15. The Labute approximate surface area is 237 Å². The van der Waals surface area contributed by atoms with Gasteiger partial charge in [0.1, 0.15) is 12.3 Å². The number of carbonyl (C=O) groups is 1. The van der Waals surface area contributed by atoms with Crippen LogP contribution in [0.15, 0.2) is 88.9 Å². The molecule has 0 aliphatic carbocycles. The van der Waals surface area contributed by atoms with Crippen molar-refractivity contribution in [2.24, 2.45) is 5.10 Å². The van der Waals surface area contributed by atoms with Gasteiger partial charge in [-0.3, -0.25) is 9.10 Å². The molecule has 0 bridgehead atoms. The van der Waals surface area contributed by atoms with Crippen LogP contribution in [-0.4, -0.2) is 38.8 Å². The van der Waals surface area contributed by atoms with Crippen molar-refractivity contribution in [2.45, 2.75) is 18.7 Å². The van der Waals surface area contributed by atoms with Crippen molar-refractivity contribution >= 4 is 51.0 Å². The molecule has 0 spiro atoms. The number of para-hydroxylation sites is 2. The number of sulfonamides is 1. The minimum absolute atomic E-state index is 0.0421. The first-order valence-corrected chi connectivity index (χ1v) is 14.0. The molecule has 0 atom stereocenters. The summed E-state index contributed by atoms with van der Waals surface area (Å²) in [4.78, 5) is 13.0. The van der Waals surface area contributed by atoms with Gasteiger partial charge in [0.2, 0.25) is 0 Å². The van der Waals surface area contributed by atoms with E-state index in [4.69, 9.17) is 27.9 Å². The topological polar surface area (TPSA) is 93.0 Å². The number of benzene rings is 3. The Morgan fingerprint density at radius 3 is 2.41 bits per heavy atom. The number of hydrogen-bond acceptors (Lipinski definition) is 5. The summed E-state index contributed by atoms with van der Waals surface area (Å²) in [6, 6.07) is 21.6. The molecule has 39 heavy (non-hydrogen) atoms. The summed E-state index contributed by atoms with van der Waals surface area (Å²) in [6.07, 6.45) is 1.50. The van der Waals surface area contributed by atoms with E-state index in [1.54, 1.807) is 54.6 Å². The predicted octanol–water partition coefficient (Wildman–Crippen LogP) is 5.76. The van der Waals surface area contributed by atoms with E-state index in [0.29, 0.717) is 15.8 Å². The van der Waals surface area contributed by atoms with Gasteiger partial charge in [-0.1, -0.05) is 53.5 Å². The van der Waals surface area contributed by atoms with Crippen LogP contribution in [0, 0.1) is 13.8 Å². The highest BCUT2D eigenvalue weighted by atomic mass is 35.5. The number of amides is 1. The number of hydrazone groups is 1. The number of ether oxygens (including phenoxy) is 1. The second-order valence-corrected chi connectivity index (χ2v) is 11.3. The molecule has 0 saturated heterocycles. The third kappa shape index (κ3) is 6.11. The zero-order valence-electron chi connectivity index (χ0n) is 21.4. The maximum atomic E-state index is 13.5. The van der Waals surface area contributed by atoms with Gasteiger partial charge >= 0.3 is 0 Å². The van der Waals surface area contributed by atoms with Crippen LogP contribution >= 0.6 is 23.2 Å². The average molecular weight is 586 g/mol. The van der Waals surface area contributed by atoms with Crippen molar-refractivity contribution in [3.05, 3.63) is 106 Å². The van der Waals surface area contributed by atoms with Gasteiger partial charge in [0, 0.05) is 22.0 Å². The molecular weight excluding hydrogens is 559 g/mol. The fourth-order valence-corrected chi connectivity index (χ4v) is 6.09. The number of methoxy groups -OCH3 is 1. The molecule has 3 aromatic carbocycles. The molecule has 1 heterocycles. The molecule has 1 N–H and O–H groups in total. The highest BCUT2D eigenvalue weighted by molar-refractivity contribution is 7.92. The summed E-state index contributed by atoms with van der Waals surface area (Å²) in [7, 11) is -2.66. The maximum absolute atomic E-state index is 13.5. The van der Waals surface area contributed by atoms with E-state index in [-0.39, 0.29) is 10.6 Å². The molecule has 0 aliphatic rings. The number of rotatable bonds is 9. The van der Waals surface area contributed by atoms with Crippen LogP contribution in [0.3, 0.4) is 0 Å². The van der Waals surface area contributed by atoms with E-state index < -0.39 is 22.5 Å². The SMILES string of the molecule is COc1ccccc1N(CC(=O)N/N=C/c1cc(C)n(-c2ccc(Cl)cc2Cl)c1C)S(=O)(=O)c1ccccc1. The van der Waals surface area contributed by atoms with Crippen LogP contribution in [0.25, 0.3) is 5.69 Å². The normalized spacial score (nSPS) is 11.5.